The molecule has 37 heavy (non-hydrogen) atoms. The number of nitrogens with zero attached hydrogens (tertiary/aromatic N) is 5. The number of halogens is 1. The number of nitrogen functional groups attached to an aromatic ring is 1. The second-order valence-electron chi connectivity index (χ2n) is 8.77. The Morgan fingerprint density at radius 3 is 2.70 bits per heavy atom. The smallest absolute Gasteiger partial charge is 0.328 e. The fraction of sp³-hybridized carbons (Fsp3) is 0.333. The summed E-state index contributed by atoms with van der Waals surface area (Å²) in [7, 11) is 4.79. The first-order valence-electron chi connectivity index (χ1n) is 11.4. The first-order valence-corrected chi connectivity index (χ1v) is 12.4. The molecule has 1 amide bonds. The maximum absolute atomic E-state index is 15.0. The predicted molar refractivity (Wildman–Crippen MR) is 138 cm³/mol. The van der Waals surface area contributed by atoms with Gasteiger partial charge in [-0.25, -0.2) is 23.4 Å². The number of hydrogen-bond acceptors (Lipinski definition) is 8. The van der Waals surface area contributed by atoms with Crippen LogP contribution in [-0.4, -0.2) is 75.3 Å². The van der Waals surface area contributed by atoms with Crippen LogP contribution in [0, 0.1) is 5.82 Å². The Bertz CT molecular complexity index is 1360. The van der Waals surface area contributed by atoms with Gasteiger partial charge in [0.15, 0.2) is 0 Å². The van der Waals surface area contributed by atoms with Crippen molar-refractivity contribution in [2.75, 3.05) is 42.7 Å². The van der Waals surface area contributed by atoms with Gasteiger partial charge in [-0.3, -0.25) is 13.7 Å². The summed E-state index contributed by atoms with van der Waals surface area (Å²) in [6, 6.07) is 5.56. The fourth-order valence-corrected chi connectivity index (χ4v) is 5.15. The van der Waals surface area contributed by atoms with Gasteiger partial charge in [-0.15, -0.1) is 0 Å². The number of fused-ring (bicyclic) bond motifs is 1. The van der Waals surface area contributed by atoms with Crippen LogP contribution >= 0.6 is 0 Å². The number of pyridine rings is 2. The number of likely N-dealkylation sites (tertiary alicyclic amines) is 1. The Morgan fingerprint density at radius 2 is 2.08 bits per heavy atom. The van der Waals surface area contributed by atoms with E-state index in [-0.39, 0.29) is 36.5 Å². The molecule has 1 aliphatic rings. The van der Waals surface area contributed by atoms with Crippen LogP contribution in [0.3, 0.4) is 0 Å². The van der Waals surface area contributed by atoms with E-state index in [1.54, 1.807) is 43.3 Å². The zero-order chi connectivity index (χ0) is 26.9. The van der Waals surface area contributed by atoms with Crippen LogP contribution in [-0.2, 0) is 32.0 Å². The lowest BCUT2D eigenvalue weighted by atomic mass is 10.0. The lowest BCUT2D eigenvalue weighted by Crippen LogP contribution is -2.49. The van der Waals surface area contributed by atoms with Crippen LogP contribution in [0.25, 0.3) is 10.8 Å². The van der Waals surface area contributed by atoms with Crippen LogP contribution in [0.1, 0.15) is 12.0 Å². The summed E-state index contributed by atoms with van der Waals surface area (Å²) in [5.41, 5.74) is 6.30. The number of benzene rings is 1. The second kappa shape index (κ2) is 10.6. The van der Waals surface area contributed by atoms with Crippen molar-refractivity contribution >= 4 is 51.2 Å². The zero-order valence-electron chi connectivity index (χ0n) is 20.5. The molecule has 1 aromatic carbocycles. The van der Waals surface area contributed by atoms with Crippen LogP contribution < -0.4 is 14.9 Å². The average molecular weight is 531 g/mol. The van der Waals surface area contributed by atoms with Gasteiger partial charge in [0.2, 0.25) is 5.91 Å². The van der Waals surface area contributed by atoms with Crippen molar-refractivity contribution in [3.05, 3.63) is 54.1 Å². The third-order valence-corrected chi connectivity index (χ3v) is 7.13. The van der Waals surface area contributed by atoms with Gasteiger partial charge in [0, 0.05) is 38.6 Å². The summed E-state index contributed by atoms with van der Waals surface area (Å²) in [5.74, 6) is -1.07. The molecule has 0 aliphatic carbocycles. The summed E-state index contributed by atoms with van der Waals surface area (Å²) in [5, 5.41) is 1.07. The van der Waals surface area contributed by atoms with Crippen LogP contribution in [0.15, 0.2) is 42.7 Å². The largest absolute Gasteiger partial charge is 0.467 e. The van der Waals surface area contributed by atoms with E-state index in [4.69, 9.17) is 10.5 Å². The minimum atomic E-state index is -2.54. The molecule has 0 bridgehead atoms. The van der Waals surface area contributed by atoms with E-state index >= 15 is 4.39 Å². The molecule has 0 radical (unpaired) electrons. The van der Waals surface area contributed by atoms with Gasteiger partial charge in [-0.05, 0) is 47.7 Å². The van der Waals surface area contributed by atoms with Gasteiger partial charge in [0.25, 0.3) is 11.3 Å². The highest BCUT2D eigenvalue weighted by molar-refractivity contribution is 7.80. The lowest BCUT2D eigenvalue weighted by Gasteiger charge is -2.29. The van der Waals surface area contributed by atoms with E-state index in [0.29, 0.717) is 16.6 Å². The number of carbonyl (C=O) groups is 2. The number of anilines is 3. The first kappa shape index (κ1) is 26.2. The molecule has 4 rings (SSSR count). The van der Waals surface area contributed by atoms with E-state index in [9.17, 15) is 18.4 Å². The van der Waals surface area contributed by atoms with E-state index in [1.807, 2.05) is 0 Å². The van der Waals surface area contributed by atoms with E-state index in [1.165, 1.54) is 30.5 Å². The highest BCUT2D eigenvalue weighted by atomic mass is 32.2. The highest BCUT2D eigenvalue weighted by Gasteiger charge is 2.44. The normalized spacial score (nSPS) is 17.1. The lowest BCUT2D eigenvalue weighted by molar-refractivity contribution is -0.151. The Balaban J connectivity index is 1.63. The maximum atomic E-state index is 15.0. The predicted octanol–water partition coefficient (Wildman–Crippen LogP) is 1.75. The number of rotatable bonds is 8. The van der Waals surface area contributed by atoms with Crippen molar-refractivity contribution < 1.29 is 27.5 Å². The SMILES string of the molecule is COC(=O)[C@@H](Cc1cc2ccnc(N)c2cc1F)N1CC[C@H](N(c2ccc(N(C)C)nc2)S(=O)O)C1=O. The van der Waals surface area contributed by atoms with Crippen molar-refractivity contribution in [2.45, 2.75) is 24.9 Å². The number of nitrogens with two attached hydrogens (primary N) is 1. The fourth-order valence-electron chi connectivity index (χ4n) is 4.45. The molecule has 3 atom stereocenters. The van der Waals surface area contributed by atoms with E-state index in [2.05, 4.69) is 9.97 Å². The summed E-state index contributed by atoms with van der Waals surface area (Å²) >= 11 is -2.54. The van der Waals surface area contributed by atoms with Gasteiger partial charge in [-0.1, -0.05) is 0 Å². The van der Waals surface area contributed by atoms with Crippen molar-refractivity contribution in [3.8, 4) is 0 Å². The highest BCUT2D eigenvalue weighted by Crippen LogP contribution is 2.30. The molecule has 1 fully saturated rings. The monoisotopic (exact) mass is 530 g/mol. The summed E-state index contributed by atoms with van der Waals surface area (Å²) in [6.07, 6.45) is 2.91. The minimum Gasteiger partial charge on any atom is -0.467 e. The van der Waals surface area contributed by atoms with Crippen LogP contribution in [0.4, 0.5) is 21.7 Å². The quantitative estimate of drug-likeness (QED) is 0.329. The molecule has 1 saturated heterocycles. The van der Waals surface area contributed by atoms with Gasteiger partial charge in [0.05, 0.1) is 19.0 Å². The number of amides is 1. The third kappa shape index (κ3) is 5.18. The molecule has 3 aromatic rings. The standard InChI is InChI=1S/C24H27FN6O5S/c1-29(2)21-5-4-16(13-28-21)31(37(34)35)19-7-9-30(23(19)32)20(24(33)36-3)11-15-10-14-6-8-27-22(26)17(14)12-18(15)25/h4-6,8,10,12-13,19-20H,7,9,11H2,1-3H3,(H2,26,27)(H,34,35)/t19-,20+/m0/s1. The third-order valence-electron chi connectivity index (χ3n) is 6.33. The van der Waals surface area contributed by atoms with Gasteiger partial charge in [-0.2, -0.15) is 0 Å². The maximum Gasteiger partial charge on any atom is 0.328 e. The molecule has 13 heteroatoms. The molecular weight excluding hydrogens is 503 g/mol. The Labute approximate surface area is 215 Å². The number of esters is 1. The van der Waals surface area contributed by atoms with Crippen molar-refractivity contribution in [1.82, 2.24) is 14.9 Å². The van der Waals surface area contributed by atoms with Gasteiger partial charge < -0.3 is 20.3 Å². The zero-order valence-corrected chi connectivity index (χ0v) is 21.3. The van der Waals surface area contributed by atoms with Crippen LogP contribution in [0.2, 0.25) is 0 Å². The summed E-state index contributed by atoms with van der Waals surface area (Å²) < 4.78 is 43.3. The topological polar surface area (TPSA) is 142 Å². The number of aromatic nitrogens is 2. The molecule has 0 saturated carbocycles. The number of methoxy groups -OCH3 is 1. The average Bonchev–Trinajstić information content (AvgIpc) is 3.23. The molecule has 1 unspecified atom stereocenters. The van der Waals surface area contributed by atoms with E-state index < -0.39 is 41.0 Å². The molecule has 2 aromatic heterocycles. The van der Waals surface area contributed by atoms with Crippen molar-refractivity contribution in [3.63, 3.8) is 0 Å². The van der Waals surface area contributed by atoms with Crippen molar-refractivity contribution in [1.29, 1.82) is 0 Å². The molecule has 3 heterocycles. The number of ether oxygens (including phenoxy) is 1. The minimum absolute atomic E-state index is 0.103. The molecule has 0 spiro atoms. The molecule has 196 valence electrons. The Hall–Kier alpha value is -3.84. The Morgan fingerprint density at radius 1 is 1.32 bits per heavy atom. The van der Waals surface area contributed by atoms with Crippen molar-refractivity contribution in [2.24, 2.45) is 0 Å². The van der Waals surface area contributed by atoms with Gasteiger partial charge in [0.1, 0.15) is 29.5 Å². The van der Waals surface area contributed by atoms with Crippen LogP contribution in [0.5, 0.6) is 0 Å². The first-order chi connectivity index (χ1) is 17.6. The number of carbonyl (C=O) groups excluding carboxylic acids is 2. The number of hydrogen-bond donors (Lipinski definition) is 2. The molecule has 11 nitrogen and oxygen atoms in total. The van der Waals surface area contributed by atoms with Gasteiger partial charge >= 0.3 is 5.97 Å². The molecule has 3 N–H and O–H groups in total. The van der Waals surface area contributed by atoms with E-state index in [0.717, 1.165) is 4.31 Å². The summed E-state index contributed by atoms with van der Waals surface area (Å²) in [4.78, 5) is 37.5. The molecule has 1 aliphatic heterocycles. The summed E-state index contributed by atoms with van der Waals surface area (Å²) in [6.45, 7) is 0.103. The Kier molecular flexibility index (Phi) is 7.55. The second-order valence-corrected chi connectivity index (χ2v) is 9.62. The molecular formula is C24H27FN6O5S.